The fourth-order valence-electron chi connectivity index (χ4n) is 2.16. The summed E-state index contributed by atoms with van der Waals surface area (Å²) in [6.45, 7) is 2.29. The predicted molar refractivity (Wildman–Crippen MR) is 82.0 cm³/mol. The monoisotopic (exact) mass is 308 g/mol. The Morgan fingerprint density at radius 1 is 1.27 bits per heavy atom. The van der Waals surface area contributed by atoms with Crippen molar-refractivity contribution in [3.05, 3.63) is 34.4 Å². The molecule has 0 saturated carbocycles. The molecule has 1 atom stereocenters. The van der Waals surface area contributed by atoms with E-state index in [1.165, 1.54) is 12.1 Å². The molecule has 1 heterocycles. The molecule has 1 aliphatic rings. The standard InChI is InChI=1S/C14H20N4O4/c19-14(17-10-13-2-1-9-22-13)16-8-7-15-11-3-5-12(6-4-11)18(20)21/h3-6,13,15H,1-2,7-10H2,(H2,16,17,19). The number of nitrogens with zero attached hydrogens (tertiary/aromatic N) is 1. The van der Waals surface area contributed by atoms with Gasteiger partial charge in [-0.1, -0.05) is 0 Å². The minimum absolute atomic E-state index is 0.0529. The number of hydrogen-bond acceptors (Lipinski definition) is 5. The number of carbonyl (C=O) groups is 1. The molecule has 1 unspecified atom stereocenters. The number of ether oxygens (including phenoxy) is 1. The number of non-ortho nitro benzene ring substituents is 1. The average Bonchev–Trinajstić information content (AvgIpc) is 3.03. The van der Waals surface area contributed by atoms with Crippen molar-refractivity contribution < 1.29 is 14.5 Å². The van der Waals surface area contributed by atoms with Gasteiger partial charge in [0.15, 0.2) is 0 Å². The predicted octanol–water partition coefficient (Wildman–Crippen LogP) is 1.48. The number of carbonyl (C=O) groups excluding carboxylic acids is 1. The molecule has 2 rings (SSSR count). The lowest BCUT2D eigenvalue weighted by Crippen LogP contribution is -2.41. The molecule has 1 aliphatic heterocycles. The number of nitro groups is 1. The van der Waals surface area contributed by atoms with E-state index in [-0.39, 0.29) is 17.8 Å². The maximum atomic E-state index is 11.6. The molecule has 2 amide bonds. The summed E-state index contributed by atoms with van der Waals surface area (Å²) in [5, 5.41) is 19.1. The van der Waals surface area contributed by atoms with Crippen molar-refractivity contribution in [2.24, 2.45) is 0 Å². The Kier molecular flexibility index (Phi) is 5.96. The Morgan fingerprint density at radius 3 is 2.68 bits per heavy atom. The average molecular weight is 308 g/mol. The van der Waals surface area contributed by atoms with Crippen molar-refractivity contribution in [1.82, 2.24) is 10.6 Å². The van der Waals surface area contributed by atoms with Crippen molar-refractivity contribution >= 4 is 17.4 Å². The van der Waals surface area contributed by atoms with Crippen molar-refractivity contribution in [2.45, 2.75) is 18.9 Å². The van der Waals surface area contributed by atoms with Gasteiger partial charge in [-0.3, -0.25) is 10.1 Å². The summed E-state index contributed by atoms with van der Waals surface area (Å²) in [4.78, 5) is 21.6. The summed E-state index contributed by atoms with van der Waals surface area (Å²) in [6.07, 6.45) is 2.17. The minimum atomic E-state index is -0.441. The number of anilines is 1. The molecule has 120 valence electrons. The number of rotatable bonds is 7. The summed E-state index contributed by atoms with van der Waals surface area (Å²) in [5.41, 5.74) is 0.823. The van der Waals surface area contributed by atoms with Gasteiger partial charge >= 0.3 is 6.03 Å². The van der Waals surface area contributed by atoms with E-state index in [9.17, 15) is 14.9 Å². The molecular formula is C14H20N4O4. The molecule has 1 fully saturated rings. The molecule has 0 spiro atoms. The maximum Gasteiger partial charge on any atom is 0.314 e. The van der Waals surface area contributed by atoms with E-state index in [1.54, 1.807) is 12.1 Å². The number of benzene rings is 1. The lowest BCUT2D eigenvalue weighted by atomic mass is 10.2. The normalized spacial score (nSPS) is 17.0. The van der Waals surface area contributed by atoms with Crippen LogP contribution in [0.1, 0.15) is 12.8 Å². The van der Waals surface area contributed by atoms with Crippen molar-refractivity contribution in [3.63, 3.8) is 0 Å². The van der Waals surface area contributed by atoms with Gasteiger partial charge in [-0.15, -0.1) is 0 Å². The highest BCUT2D eigenvalue weighted by atomic mass is 16.6. The molecule has 1 aromatic carbocycles. The Labute approximate surface area is 128 Å². The van der Waals surface area contributed by atoms with Crippen LogP contribution in [0.4, 0.5) is 16.2 Å². The number of nitrogens with one attached hydrogen (secondary N) is 3. The quantitative estimate of drug-likeness (QED) is 0.402. The first kappa shape index (κ1) is 16.0. The fourth-order valence-corrected chi connectivity index (χ4v) is 2.16. The first-order valence-electron chi connectivity index (χ1n) is 7.27. The van der Waals surface area contributed by atoms with E-state index in [1.807, 2.05) is 0 Å². The van der Waals surface area contributed by atoms with Crippen LogP contribution in [0, 0.1) is 10.1 Å². The molecule has 8 heteroatoms. The number of amides is 2. The molecule has 0 radical (unpaired) electrons. The molecule has 22 heavy (non-hydrogen) atoms. The van der Waals surface area contributed by atoms with Gasteiger partial charge in [0.2, 0.25) is 0 Å². The SMILES string of the molecule is O=C(NCCNc1ccc([N+](=O)[O-])cc1)NCC1CCCO1. The van der Waals surface area contributed by atoms with Crippen molar-refractivity contribution in [3.8, 4) is 0 Å². The summed E-state index contributed by atoms with van der Waals surface area (Å²) < 4.78 is 5.41. The van der Waals surface area contributed by atoms with Crippen LogP contribution in [0.5, 0.6) is 0 Å². The van der Waals surface area contributed by atoms with Crippen LogP contribution in [-0.4, -0.2) is 43.3 Å². The van der Waals surface area contributed by atoms with Crippen LogP contribution in [0.3, 0.4) is 0 Å². The largest absolute Gasteiger partial charge is 0.383 e. The molecule has 8 nitrogen and oxygen atoms in total. The van der Waals surface area contributed by atoms with E-state index in [0.29, 0.717) is 19.6 Å². The van der Waals surface area contributed by atoms with Gasteiger partial charge < -0.3 is 20.7 Å². The van der Waals surface area contributed by atoms with E-state index >= 15 is 0 Å². The molecule has 1 aromatic rings. The van der Waals surface area contributed by atoms with Crippen LogP contribution < -0.4 is 16.0 Å². The first-order chi connectivity index (χ1) is 10.6. The zero-order chi connectivity index (χ0) is 15.8. The van der Waals surface area contributed by atoms with E-state index < -0.39 is 4.92 Å². The second-order valence-electron chi connectivity index (χ2n) is 5.00. The molecule has 1 saturated heterocycles. The van der Waals surface area contributed by atoms with Gasteiger partial charge in [0.25, 0.3) is 5.69 Å². The summed E-state index contributed by atoms with van der Waals surface area (Å²) in [6, 6.07) is 5.92. The summed E-state index contributed by atoms with van der Waals surface area (Å²) in [7, 11) is 0. The maximum absolute atomic E-state index is 11.6. The zero-order valence-electron chi connectivity index (χ0n) is 12.2. The van der Waals surface area contributed by atoms with Crippen LogP contribution in [0.2, 0.25) is 0 Å². The summed E-state index contributed by atoms with van der Waals surface area (Å²) >= 11 is 0. The third-order valence-electron chi connectivity index (χ3n) is 3.33. The molecular weight excluding hydrogens is 288 g/mol. The van der Waals surface area contributed by atoms with Gasteiger partial charge in [0.1, 0.15) is 0 Å². The second kappa shape index (κ2) is 8.18. The number of nitro benzene ring substituents is 1. The van der Waals surface area contributed by atoms with Crippen LogP contribution in [0.15, 0.2) is 24.3 Å². The number of hydrogen-bond donors (Lipinski definition) is 3. The first-order valence-corrected chi connectivity index (χ1v) is 7.27. The van der Waals surface area contributed by atoms with Gasteiger partial charge in [-0.05, 0) is 25.0 Å². The van der Waals surface area contributed by atoms with Crippen molar-refractivity contribution in [1.29, 1.82) is 0 Å². The molecule has 3 N–H and O–H groups in total. The van der Waals surface area contributed by atoms with E-state index in [4.69, 9.17) is 4.74 Å². The second-order valence-corrected chi connectivity index (χ2v) is 5.00. The van der Waals surface area contributed by atoms with Crippen molar-refractivity contribution in [2.75, 3.05) is 31.6 Å². The van der Waals surface area contributed by atoms with E-state index in [2.05, 4.69) is 16.0 Å². The fraction of sp³-hybridized carbons (Fsp3) is 0.500. The highest BCUT2D eigenvalue weighted by Crippen LogP contribution is 2.14. The van der Waals surface area contributed by atoms with Crippen LogP contribution in [-0.2, 0) is 4.74 Å². The smallest absolute Gasteiger partial charge is 0.314 e. The van der Waals surface area contributed by atoms with E-state index in [0.717, 1.165) is 25.1 Å². The Hall–Kier alpha value is -2.35. The Balaban J connectivity index is 1.57. The molecule has 0 bridgehead atoms. The van der Waals surface area contributed by atoms with Gasteiger partial charge in [-0.2, -0.15) is 0 Å². The topological polar surface area (TPSA) is 106 Å². The lowest BCUT2D eigenvalue weighted by molar-refractivity contribution is -0.384. The Bertz CT molecular complexity index is 500. The number of urea groups is 1. The van der Waals surface area contributed by atoms with Crippen LogP contribution >= 0.6 is 0 Å². The highest BCUT2D eigenvalue weighted by Gasteiger charge is 2.15. The third kappa shape index (κ3) is 5.21. The highest BCUT2D eigenvalue weighted by molar-refractivity contribution is 5.73. The molecule has 0 aliphatic carbocycles. The Morgan fingerprint density at radius 2 is 2.05 bits per heavy atom. The summed E-state index contributed by atoms with van der Waals surface area (Å²) in [5.74, 6) is 0. The molecule has 0 aromatic heterocycles. The van der Waals surface area contributed by atoms with Crippen LogP contribution in [0.25, 0.3) is 0 Å². The zero-order valence-corrected chi connectivity index (χ0v) is 12.2. The van der Waals surface area contributed by atoms with Gasteiger partial charge in [0, 0.05) is 44.1 Å². The lowest BCUT2D eigenvalue weighted by Gasteiger charge is -2.12. The van der Waals surface area contributed by atoms with Gasteiger partial charge in [-0.25, -0.2) is 4.79 Å². The third-order valence-corrected chi connectivity index (χ3v) is 3.33. The van der Waals surface area contributed by atoms with Gasteiger partial charge in [0.05, 0.1) is 11.0 Å². The minimum Gasteiger partial charge on any atom is -0.383 e.